The molecule has 30 heavy (non-hydrogen) atoms. The summed E-state index contributed by atoms with van der Waals surface area (Å²) in [5.74, 6) is 0. The number of aromatic nitrogens is 2. The van der Waals surface area contributed by atoms with Crippen molar-refractivity contribution in [3.63, 3.8) is 0 Å². The van der Waals surface area contributed by atoms with E-state index in [0.717, 1.165) is 11.1 Å². The van der Waals surface area contributed by atoms with Crippen molar-refractivity contribution in [1.29, 1.82) is 0 Å². The first-order valence-corrected chi connectivity index (χ1v) is 9.52. The molecule has 0 bridgehead atoms. The van der Waals surface area contributed by atoms with Crippen LogP contribution in [0.1, 0.15) is 5.56 Å². The van der Waals surface area contributed by atoms with Crippen LogP contribution in [0.15, 0.2) is 91.0 Å². The van der Waals surface area contributed by atoms with Gasteiger partial charge in [-0.1, -0.05) is 91.0 Å². The van der Waals surface area contributed by atoms with Crippen LogP contribution in [0, 0.1) is 0 Å². The lowest BCUT2D eigenvalue weighted by Crippen LogP contribution is -2.47. The average Bonchev–Trinajstić information content (AvgIpc) is 3.31. The number of hydrogen-bond acceptors (Lipinski definition) is 2. The third-order valence-electron chi connectivity index (χ3n) is 5.37. The van der Waals surface area contributed by atoms with E-state index in [2.05, 4.69) is 4.98 Å². The molecule has 4 aromatic rings. The van der Waals surface area contributed by atoms with E-state index in [1.807, 2.05) is 60.7 Å². The Morgan fingerprint density at radius 3 is 1.87 bits per heavy atom. The normalized spacial score (nSPS) is 18.1. The van der Waals surface area contributed by atoms with Gasteiger partial charge in [-0.15, -0.1) is 0 Å². The Balaban J connectivity index is 1.71. The van der Waals surface area contributed by atoms with E-state index in [1.165, 1.54) is 16.7 Å². The topological polar surface area (TPSA) is 27.1 Å². The van der Waals surface area contributed by atoms with E-state index in [0.29, 0.717) is 11.4 Å². The van der Waals surface area contributed by atoms with Gasteiger partial charge in [-0.25, -0.2) is 0 Å². The molecule has 3 aromatic carbocycles. The molecule has 0 saturated carbocycles. The third-order valence-corrected chi connectivity index (χ3v) is 5.37. The van der Waals surface area contributed by atoms with Crippen molar-refractivity contribution in [2.45, 2.75) is 18.3 Å². The van der Waals surface area contributed by atoms with Crippen LogP contribution in [0.3, 0.4) is 0 Å². The van der Waals surface area contributed by atoms with Crippen LogP contribution in [0.4, 0.5) is 13.2 Å². The largest absolute Gasteiger partial charge is 0.441 e. The minimum atomic E-state index is -4.62. The number of benzene rings is 3. The second-order valence-corrected chi connectivity index (χ2v) is 7.20. The summed E-state index contributed by atoms with van der Waals surface area (Å²) in [7, 11) is 0. The van der Waals surface area contributed by atoms with Crippen LogP contribution in [0.25, 0.3) is 22.5 Å². The van der Waals surface area contributed by atoms with Crippen molar-refractivity contribution < 1.29 is 17.9 Å². The highest BCUT2D eigenvalue weighted by Crippen LogP contribution is 2.51. The number of imidazole rings is 1. The maximum Gasteiger partial charge on any atom is 0.434 e. The predicted octanol–water partition coefficient (Wildman–Crippen LogP) is 6.07. The third kappa shape index (κ3) is 2.79. The lowest BCUT2D eigenvalue weighted by atomic mass is 9.92. The molecule has 0 spiro atoms. The fraction of sp³-hybridized carbons (Fsp3) is 0.125. The van der Waals surface area contributed by atoms with E-state index < -0.39 is 18.3 Å². The van der Waals surface area contributed by atoms with Gasteiger partial charge in [-0.3, -0.25) is 4.57 Å². The average molecular weight is 406 g/mol. The summed E-state index contributed by atoms with van der Waals surface area (Å²) >= 11 is 0. The lowest BCUT2D eigenvalue weighted by molar-refractivity contribution is -0.250. The fourth-order valence-corrected chi connectivity index (χ4v) is 3.92. The van der Waals surface area contributed by atoms with Crippen molar-refractivity contribution in [1.82, 2.24) is 9.55 Å². The number of alkyl halides is 3. The van der Waals surface area contributed by atoms with Gasteiger partial charge in [-0.2, -0.15) is 18.2 Å². The summed E-state index contributed by atoms with van der Waals surface area (Å²) in [6.07, 6.45) is -4.62. The van der Waals surface area contributed by atoms with Gasteiger partial charge < -0.3 is 4.74 Å². The Morgan fingerprint density at radius 2 is 1.30 bits per heavy atom. The molecule has 3 nitrogen and oxygen atoms in total. The number of nitrogens with zero attached hydrogens (tertiary/aromatic N) is 2. The van der Waals surface area contributed by atoms with Gasteiger partial charge in [0.15, 0.2) is 0 Å². The van der Waals surface area contributed by atoms with Gasteiger partial charge in [0.05, 0.1) is 12.2 Å². The monoisotopic (exact) mass is 406 g/mol. The molecule has 0 fully saturated rings. The Morgan fingerprint density at radius 1 is 0.767 bits per heavy atom. The molecule has 1 aromatic heterocycles. The first kappa shape index (κ1) is 18.5. The van der Waals surface area contributed by atoms with Gasteiger partial charge in [-0.05, 0) is 0 Å². The molecule has 150 valence electrons. The standard InChI is InChI=1S/C24H17F3N2O/c25-24(26,27)23(19-14-8-3-9-15-19)16-29-21(18-12-6-2-7-13-18)20(28-22(29)30-23)17-10-4-1-5-11-17/h1-15H,16H2/t23-/m1/s1. The summed E-state index contributed by atoms with van der Waals surface area (Å²) in [6.45, 7) is -0.403. The summed E-state index contributed by atoms with van der Waals surface area (Å²) in [5.41, 5.74) is 0.390. The highest BCUT2D eigenvalue weighted by Gasteiger charge is 2.63. The van der Waals surface area contributed by atoms with E-state index in [9.17, 15) is 13.2 Å². The lowest BCUT2D eigenvalue weighted by Gasteiger charge is -2.30. The molecule has 5 rings (SSSR count). The zero-order chi connectivity index (χ0) is 20.8. The van der Waals surface area contributed by atoms with E-state index in [-0.39, 0.29) is 11.6 Å². The molecule has 0 unspecified atom stereocenters. The summed E-state index contributed by atoms with van der Waals surface area (Å²) in [6, 6.07) is 26.4. The molecule has 0 N–H and O–H groups in total. The van der Waals surface area contributed by atoms with Gasteiger partial charge in [0.1, 0.15) is 5.69 Å². The maximum absolute atomic E-state index is 14.3. The minimum Gasteiger partial charge on any atom is -0.441 e. The molecule has 1 aliphatic rings. The predicted molar refractivity (Wildman–Crippen MR) is 108 cm³/mol. The highest BCUT2D eigenvalue weighted by molar-refractivity contribution is 5.80. The molecule has 0 radical (unpaired) electrons. The zero-order valence-corrected chi connectivity index (χ0v) is 15.8. The Bertz CT molecular complexity index is 1170. The number of ether oxygens (including phenoxy) is 1. The minimum absolute atomic E-state index is 0.0334. The van der Waals surface area contributed by atoms with Gasteiger partial charge in [0.25, 0.3) is 6.01 Å². The van der Waals surface area contributed by atoms with E-state index in [1.54, 1.807) is 18.2 Å². The maximum atomic E-state index is 14.3. The van der Waals surface area contributed by atoms with Crippen LogP contribution in [-0.4, -0.2) is 15.7 Å². The van der Waals surface area contributed by atoms with Gasteiger partial charge in [0.2, 0.25) is 5.60 Å². The van der Waals surface area contributed by atoms with Crippen molar-refractivity contribution in [2.75, 3.05) is 0 Å². The van der Waals surface area contributed by atoms with E-state index >= 15 is 0 Å². The molecule has 0 saturated heterocycles. The second kappa shape index (κ2) is 6.76. The number of rotatable bonds is 3. The molecule has 1 atom stereocenters. The van der Waals surface area contributed by atoms with Crippen LogP contribution in [0.5, 0.6) is 6.01 Å². The molecule has 6 heteroatoms. The van der Waals surface area contributed by atoms with E-state index in [4.69, 9.17) is 4.74 Å². The Kier molecular flexibility index (Phi) is 4.17. The summed E-state index contributed by atoms with van der Waals surface area (Å²) in [4.78, 5) is 4.51. The smallest absolute Gasteiger partial charge is 0.434 e. The molecule has 1 aliphatic heterocycles. The van der Waals surface area contributed by atoms with Crippen molar-refractivity contribution in [3.05, 3.63) is 96.6 Å². The summed E-state index contributed by atoms with van der Waals surface area (Å²) < 4.78 is 50.2. The quantitative estimate of drug-likeness (QED) is 0.413. The number of hydrogen-bond donors (Lipinski definition) is 0. The Labute approximate surface area is 171 Å². The number of halogens is 3. The molecule has 0 aliphatic carbocycles. The van der Waals surface area contributed by atoms with Gasteiger partial charge in [0, 0.05) is 16.7 Å². The zero-order valence-electron chi connectivity index (χ0n) is 15.8. The first-order valence-electron chi connectivity index (χ1n) is 9.52. The molecular formula is C24H17F3N2O. The van der Waals surface area contributed by atoms with Crippen LogP contribution in [0.2, 0.25) is 0 Å². The van der Waals surface area contributed by atoms with Crippen molar-refractivity contribution >= 4 is 0 Å². The number of fused-ring (bicyclic) bond motifs is 1. The van der Waals surface area contributed by atoms with Crippen LogP contribution in [-0.2, 0) is 12.1 Å². The van der Waals surface area contributed by atoms with Crippen molar-refractivity contribution in [2.24, 2.45) is 0 Å². The first-order chi connectivity index (χ1) is 14.5. The van der Waals surface area contributed by atoms with Gasteiger partial charge >= 0.3 is 6.18 Å². The highest BCUT2D eigenvalue weighted by atomic mass is 19.4. The Hall–Kier alpha value is -3.54. The van der Waals surface area contributed by atoms with Crippen LogP contribution < -0.4 is 4.74 Å². The molecule has 2 heterocycles. The van der Waals surface area contributed by atoms with Crippen LogP contribution >= 0.6 is 0 Å². The molecular weight excluding hydrogens is 389 g/mol. The molecule has 0 amide bonds. The second-order valence-electron chi connectivity index (χ2n) is 7.20. The van der Waals surface area contributed by atoms with Crippen molar-refractivity contribution in [3.8, 4) is 28.5 Å². The summed E-state index contributed by atoms with van der Waals surface area (Å²) in [5, 5.41) is 0. The fourth-order valence-electron chi connectivity index (χ4n) is 3.92. The SMILES string of the molecule is FC(F)(F)[C@]1(c2ccccc2)Cn2c(nc(-c3ccccc3)c2-c2ccccc2)O1.